The number of nitrogens with one attached hydrogen (secondary N) is 1. The zero-order valence-electron chi connectivity index (χ0n) is 10.0. The first-order chi connectivity index (χ1) is 8.74. The Morgan fingerprint density at radius 1 is 1.50 bits per heavy atom. The number of halogens is 1. The molecule has 92 valence electrons. The Bertz CT molecular complexity index is 583. The van der Waals surface area contributed by atoms with Gasteiger partial charge in [-0.3, -0.25) is 0 Å². The van der Waals surface area contributed by atoms with E-state index in [-0.39, 0.29) is 5.56 Å². The van der Waals surface area contributed by atoms with E-state index >= 15 is 0 Å². The maximum Gasteiger partial charge on any atom is 0.145 e. The summed E-state index contributed by atoms with van der Waals surface area (Å²) < 4.78 is 15.6. The Hall–Kier alpha value is -2.19. The van der Waals surface area contributed by atoms with Crippen LogP contribution in [0.25, 0.3) is 0 Å². The lowest BCUT2D eigenvalue weighted by Crippen LogP contribution is -2.05. The van der Waals surface area contributed by atoms with E-state index < -0.39 is 5.82 Å². The predicted molar refractivity (Wildman–Crippen MR) is 65.2 cm³/mol. The molecular formula is C13H13FN4. The van der Waals surface area contributed by atoms with Gasteiger partial charge in [-0.25, -0.2) is 9.37 Å². The highest BCUT2D eigenvalue weighted by atomic mass is 19.1. The van der Waals surface area contributed by atoms with Gasteiger partial charge in [0.05, 0.1) is 24.1 Å². The van der Waals surface area contributed by atoms with E-state index in [1.165, 1.54) is 6.07 Å². The lowest BCUT2D eigenvalue weighted by atomic mass is 10.1. The average molecular weight is 244 g/mol. The van der Waals surface area contributed by atoms with E-state index in [4.69, 9.17) is 5.26 Å². The van der Waals surface area contributed by atoms with Gasteiger partial charge in [0.25, 0.3) is 0 Å². The largest absolute Gasteiger partial charge is 0.333 e. The Morgan fingerprint density at radius 2 is 2.33 bits per heavy atom. The molecule has 1 N–H and O–H groups in total. The van der Waals surface area contributed by atoms with Gasteiger partial charge in [-0.1, -0.05) is 12.1 Å². The van der Waals surface area contributed by atoms with Crippen LogP contribution in [0.3, 0.4) is 0 Å². The van der Waals surface area contributed by atoms with Crippen LogP contribution in [0.4, 0.5) is 4.39 Å². The van der Waals surface area contributed by atoms with Crippen molar-refractivity contribution in [2.24, 2.45) is 0 Å². The van der Waals surface area contributed by atoms with E-state index in [9.17, 15) is 4.39 Å². The lowest BCUT2D eigenvalue weighted by molar-refractivity contribution is 0.595. The van der Waals surface area contributed by atoms with Crippen molar-refractivity contribution in [1.29, 1.82) is 5.26 Å². The molecular weight excluding hydrogens is 231 g/mol. The number of rotatable bonds is 4. The number of hydrogen-bond acceptors (Lipinski definition) is 3. The van der Waals surface area contributed by atoms with Crippen LogP contribution in [0.15, 0.2) is 30.7 Å². The Morgan fingerprint density at radius 3 is 3.06 bits per heavy atom. The van der Waals surface area contributed by atoms with E-state index in [2.05, 4.69) is 10.3 Å². The summed E-state index contributed by atoms with van der Waals surface area (Å²) in [5.74, 6) is -0.455. The molecule has 0 radical (unpaired) electrons. The molecule has 1 aromatic heterocycles. The summed E-state index contributed by atoms with van der Waals surface area (Å²) in [6.07, 6.45) is 3.51. The molecule has 2 rings (SSSR count). The van der Waals surface area contributed by atoms with Crippen molar-refractivity contribution in [2.45, 2.75) is 13.1 Å². The molecule has 0 fully saturated rings. The highest BCUT2D eigenvalue weighted by molar-refractivity contribution is 5.35. The summed E-state index contributed by atoms with van der Waals surface area (Å²) >= 11 is 0. The molecule has 0 aliphatic carbocycles. The van der Waals surface area contributed by atoms with Gasteiger partial charge in [0.15, 0.2) is 0 Å². The second-order valence-corrected chi connectivity index (χ2v) is 3.96. The van der Waals surface area contributed by atoms with E-state index in [1.807, 2.05) is 19.3 Å². The van der Waals surface area contributed by atoms with E-state index in [0.29, 0.717) is 18.7 Å². The molecule has 0 aliphatic rings. The highest BCUT2D eigenvalue weighted by Crippen LogP contribution is 2.13. The normalized spacial score (nSPS) is 10.3. The number of nitriles is 1. The first-order valence-electron chi connectivity index (χ1n) is 5.57. The third kappa shape index (κ3) is 2.55. The molecule has 2 aromatic rings. The zero-order valence-corrected chi connectivity index (χ0v) is 10.0. The van der Waals surface area contributed by atoms with Crippen molar-refractivity contribution in [1.82, 2.24) is 14.9 Å². The molecule has 1 aromatic carbocycles. The van der Waals surface area contributed by atoms with Gasteiger partial charge in [-0.05, 0) is 13.1 Å². The fourth-order valence-electron chi connectivity index (χ4n) is 1.75. The van der Waals surface area contributed by atoms with E-state index in [0.717, 1.165) is 5.69 Å². The quantitative estimate of drug-likeness (QED) is 0.890. The minimum Gasteiger partial charge on any atom is -0.333 e. The SMILES string of the molecule is CNCc1cn(Cc2cccc(C#N)c2F)cn1. The van der Waals surface area contributed by atoms with Crippen LogP contribution in [0.1, 0.15) is 16.8 Å². The Labute approximate surface area is 105 Å². The van der Waals surface area contributed by atoms with Crippen LogP contribution >= 0.6 is 0 Å². The molecule has 0 unspecified atom stereocenters. The summed E-state index contributed by atoms with van der Waals surface area (Å²) in [5.41, 5.74) is 1.46. The number of nitrogens with zero attached hydrogens (tertiary/aromatic N) is 3. The monoisotopic (exact) mass is 244 g/mol. The van der Waals surface area contributed by atoms with Crippen molar-refractivity contribution in [2.75, 3.05) is 7.05 Å². The van der Waals surface area contributed by atoms with Crippen molar-refractivity contribution in [3.8, 4) is 6.07 Å². The third-order valence-electron chi connectivity index (χ3n) is 2.60. The van der Waals surface area contributed by atoms with Crippen LogP contribution in [0, 0.1) is 17.1 Å². The summed E-state index contributed by atoms with van der Waals surface area (Å²) in [6.45, 7) is 1.05. The summed E-state index contributed by atoms with van der Waals surface area (Å²) in [6, 6.07) is 6.67. The molecule has 0 saturated heterocycles. The highest BCUT2D eigenvalue weighted by Gasteiger charge is 2.08. The van der Waals surface area contributed by atoms with Gasteiger partial charge in [-0.2, -0.15) is 5.26 Å². The Kier molecular flexibility index (Phi) is 3.70. The number of imidazole rings is 1. The maximum atomic E-state index is 13.8. The molecule has 1 heterocycles. The zero-order chi connectivity index (χ0) is 13.0. The number of benzene rings is 1. The standard InChI is InChI=1S/C13H13FN4/c1-16-6-12-8-18(9-17-12)7-11-4-2-3-10(5-15)13(11)14/h2-4,8-9,16H,6-7H2,1H3. The molecule has 5 heteroatoms. The van der Waals surface area contributed by atoms with Gasteiger partial charge >= 0.3 is 0 Å². The van der Waals surface area contributed by atoms with Gasteiger partial charge in [-0.15, -0.1) is 0 Å². The van der Waals surface area contributed by atoms with Crippen LogP contribution in [0.5, 0.6) is 0 Å². The van der Waals surface area contributed by atoms with Gasteiger partial charge < -0.3 is 9.88 Å². The number of aromatic nitrogens is 2. The second-order valence-electron chi connectivity index (χ2n) is 3.96. The first-order valence-corrected chi connectivity index (χ1v) is 5.57. The lowest BCUT2D eigenvalue weighted by Gasteiger charge is -2.04. The third-order valence-corrected chi connectivity index (χ3v) is 2.60. The van der Waals surface area contributed by atoms with Crippen LogP contribution in [-0.4, -0.2) is 16.6 Å². The van der Waals surface area contributed by atoms with Crippen molar-refractivity contribution in [3.63, 3.8) is 0 Å². The molecule has 4 nitrogen and oxygen atoms in total. The molecule has 0 atom stereocenters. The molecule has 0 spiro atoms. The summed E-state index contributed by atoms with van der Waals surface area (Å²) in [5, 5.41) is 11.8. The molecule has 0 saturated carbocycles. The summed E-state index contributed by atoms with van der Waals surface area (Å²) in [4.78, 5) is 4.19. The van der Waals surface area contributed by atoms with Crippen molar-refractivity contribution >= 4 is 0 Å². The maximum absolute atomic E-state index is 13.8. The fraction of sp³-hybridized carbons (Fsp3) is 0.231. The van der Waals surface area contributed by atoms with Crippen molar-refractivity contribution < 1.29 is 4.39 Å². The van der Waals surface area contributed by atoms with Crippen LogP contribution < -0.4 is 5.32 Å². The molecule has 0 bridgehead atoms. The van der Waals surface area contributed by atoms with Gasteiger partial charge in [0.2, 0.25) is 0 Å². The van der Waals surface area contributed by atoms with Crippen molar-refractivity contribution in [3.05, 3.63) is 53.4 Å². The summed E-state index contributed by atoms with van der Waals surface area (Å²) in [7, 11) is 1.84. The minimum atomic E-state index is -0.455. The van der Waals surface area contributed by atoms with Gasteiger partial charge in [0, 0.05) is 18.3 Å². The fourth-order valence-corrected chi connectivity index (χ4v) is 1.75. The number of hydrogen-bond donors (Lipinski definition) is 1. The Balaban J connectivity index is 2.21. The average Bonchev–Trinajstić information content (AvgIpc) is 2.80. The molecule has 0 aliphatic heterocycles. The van der Waals surface area contributed by atoms with Gasteiger partial charge in [0.1, 0.15) is 11.9 Å². The van der Waals surface area contributed by atoms with Crippen LogP contribution in [-0.2, 0) is 13.1 Å². The predicted octanol–water partition coefficient (Wildman–Crippen LogP) is 1.66. The minimum absolute atomic E-state index is 0.0723. The smallest absolute Gasteiger partial charge is 0.145 e. The molecule has 18 heavy (non-hydrogen) atoms. The van der Waals surface area contributed by atoms with E-state index in [1.54, 1.807) is 23.0 Å². The topological polar surface area (TPSA) is 53.6 Å². The second kappa shape index (κ2) is 5.43. The first kappa shape index (κ1) is 12.3. The molecule has 0 amide bonds. The van der Waals surface area contributed by atoms with Crippen LogP contribution in [0.2, 0.25) is 0 Å².